The lowest BCUT2D eigenvalue weighted by atomic mass is 10.1. The van der Waals surface area contributed by atoms with Gasteiger partial charge in [0.1, 0.15) is 0 Å². The van der Waals surface area contributed by atoms with Gasteiger partial charge in [-0.1, -0.05) is 6.07 Å². The molecule has 0 radical (unpaired) electrons. The molecule has 1 aromatic heterocycles. The summed E-state index contributed by atoms with van der Waals surface area (Å²) in [5.41, 5.74) is 2.58. The van der Waals surface area contributed by atoms with Crippen molar-refractivity contribution in [3.63, 3.8) is 0 Å². The number of benzene rings is 1. The topological polar surface area (TPSA) is 45.5 Å². The normalized spacial score (nSPS) is 16.1. The summed E-state index contributed by atoms with van der Waals surface area (Å²) < 4.78 is 2.19. The third-order valence-electron chi connectivity index (χ3n) is 4.32. The maximum Gasteiger partial charge on any atom is 0.336 e. The Labute approximate surface area is 125 Å². The Morgan fingerprint density at radius 2 is 2.00 bits per heavy atom. The maximum absolute atomic E-state index is 11.6. The van der Waals surface area contributed by atoms with E-state index in [0.717, 1.165) is 36.1 Å². The van der Waals surface area contributed by atoms with E-state index >= 15 is 0 Å². The molecule has 3 rings (SSSR count). The van der Waals surface area contributed by atoms with Crippen LogP contribution in [0, 0.1) is 0 Å². The second kappa shape index (κ2) is 5.53. The average molecular weight is 286 g/mol. The van der Waals surface area contributed by atoms with Crippen LogP contribution in [0.5, 0.6) is 0 Å². The van der Waals surface area contributed by atoms with Crippen LogP contribution in [0.1, 0.15) is 48.7 Å². The number of carbonyl (C=O) groups is 1. The molecule has 1 aromatic carbocycles. The van der Waals surface area contributed by atoms with E-state index in [1.165, 1.54) is 12.8 Å². The summed E-state index contributed by atoms with van der Waals surface area (Å²) in [6.07, 6.45) is 4.63. The van der Waals surface area contributed by atoms with Crippen molar-refractivity contribution in [2.45, 2.75) is 39.3 Å². The fourth-order valence-corrected chi connectivity index (χ4v) is 3.30. The highest BCUT2D eigenvalue weighted by Crippen LogP contribution is 2.29. The minimum absolute atomic E-state index is 0.323. The Morgan fingerprint density at radius 3 is 2.62 bits per heavy atom. The van der Waals surface area contributed by atoms with Gasteiger partial charge in [-0.25, -0.2) is 4.79 Å². The quantitative estimate of drug-likeness (QED) is 0.935. The van der Waals surface area contributed by atoms with Crippen molar-refractivity contribution in [1.29, 1.82) is 0 Å². The zero-order valence-electron chi connectivity index (χ0n) is 12.7. The summed E-state index contributed by atoms with van der Waals surface area (Å²) in [4.78, 5) is 14.0. The van der Waals surface area contributed by atoms with Gasteiger partial charge in [0.25, 0.3) is 0 Å². The van der Waals surface area contributed by atoms with Crippen molar-refractivity contribution < 1.29 is 9.90 Å². The van der Waals surface area contributed by atoms with Crippen molar-refractivity contribution in [2.24, 2.45) is 0 Å². The molecule has 1 saturated heterocycles. The zero-order chi connectivity index (χ0) is 15.0. The Bertz CT molecular complexity index is 667. The van der Waals surface area contributed by atoms with Crippen LogP contribution in [0.15, 0.2) is 24.4 Å². The standard InChI is InChI=1S/C17H22N2O2/c1-12(2)19-11-13(10-18-8-3-4-9-18)16-14(17(20)21)6-5-7-15(16)19/h5-7,11-12H,3-4,8-10H2,1-2H3,(H,20,21). The number of fused-ring (bicyclic) bond motifs is 1. The first-order valence-electron chi connectivity index (χ1n) is 7.66. The molecule has 4 nitrogen and oxygen atoms in total. The number of aromatic nitrogens is 1. The van der Waals surface area contributed by atoms with Gasteiger partial charge < -0.3 is 9.67 Å². The molecular weight excluding hydrogens is 264 g/mol. The number of rotatable bonds is 4. The first-order valence-corrected chi connectivity index (χ1v) is 7.66. The SMILES string of the molecule is CC(C)n1cc(CN2CCCC2)c2c(C(=O)O)cccc21. The predicted octanol–water partition coefficient (Wildman–Crippen LogP) is 3.52. The molecular formula is C17H22N2O2. The molecule has 0 aliphatic carbocycles. The Kier molecular flexibility index (Phi) is 3.72. The summed E-state index contributed by atoms with van der Waals surface area (Å²) in [6, 6.07) is 5.89. The molecule has 21 heavy (non-hydrogen) atoms. The van der Waals surface area contributed by atoms with E-state index in [-0.39, 0.29) is 0 Å². The van der Waals surface area contributed by atoms with Crippen LogP contribution in [0.2, 0.25) is 0 Å². The van der Waals surface area contributed by atoms with Gasteiger partial charge in [0.05, 0.1) is 5.56 Å². The highest BCUT2D eigenvalue weighted by Gasteiger charge is 2.20. The molecule has 0 spiro atoms. The van der Waals surface area contributed by atoms with E-state index in [4.69, 9.17) is 0 Å². The van der Waals surface area contributed by atoms with Gasteiger partial charge in [-0.05, 0) is 57.5 Å². The molecule has 1 N–H and O–H groups in total. The van der Waals surface area contributed by atoms with E-state index < -0.39 is 5.97 Å². The lowest BCUT2D eigenvalue weighted by Crippen LogP contribution is -2.18. The van der Waals surface area contributed by atoms with E-state index in [2.05, 4.69) is 29.5 Å². The van der Waals surface area contributed by atoms with Gasteiger partial charge >= 0.3 is 5.97 Å². The van der Waals surface area contributed by atoms with Crippen molar-refractivity contribution in [3.05, 3.63) is 35.5 Å². The molecule has 0 unspecified atom stereocenters. The monoisotopic (exact) mass is 286 g/mol. The van der Waals surface area contributed by atoms with Crippen LogP contribution in [-0.4, -0.2) is 33.6 Å². The molecule has 4 heteroatoms. The molecule has 0 atom stereocenters. The van der Waals surface area contributed by atoms with Gasteiger partial charge in [0.15, 0.2) is 0 Å². The van der Waals surface area contributed by atoms with Crippen LogP contribution in [0.3, 0.4) is 0 Å². The summed E-state index contributed by atoms with van der Waals surface area (Å²) in [6.45, 7) is 7.34. The molecule has 2 aromatic rings. The highest BCUT2D eigenvalue weighted by atomic mass is 16.4. The number of hydrogen-bond donors (Lipinski definition) is 1. The van der Waals surface area contributed by atoms with Crippen molar-refractivity contribution in [3.8, 4) is 0 Å². The molecule has 1 fully saturated rings. The molecule has 0 amide bonds. The van der Waals surface area contributed by atoms with E-state index in [0.29, 0.717) is 11.6 Å². The Hall–Kier alpha value is -1.81. The van der Waals surface area contributed by atoms with Crippen molar-refractivity contribution >= 4 is 16.9 Å². The second-order valence-electron chi connectivity index (χ2n) is 6.14. The van der Waals surface area contributed by atoms with Crippen LogP contribution in [0.4, 0.5) is 0 Å². The average Bonchev–Trinajstić information content (AvgIpc) is 3.07. The van der Waals surface area contributed by atoms with E-state index in [9.17, 15) is 9.90 Å². The number of likely N-dealkylation sites (tertiary alicyclic amines) is 1. The third kappa shape index (κ3) is 2.56. The van der Waals surface area contributed by atoms with E-state index in [1.807, 2.05) is 12.1 Å². The highest BCUT2D eigenvalue weighted by molar-refractivity contribution is 6.04. The molecule has 2 heterocycles. The second-order valence-corrected chi connectivity index (χ2v) is 6.14. The smallest absolute Gasteiger partial charge is 0.336 e. The van der Waals surface area contributed by atoms with Gasteiger partial charge in [-0.3, -0.25) is 4.90 Å². The largest absolute Gasteiger partial charge is 0.478 e. The minimum atomic E-state index is -0.843. The third-order valence-corrected chi connectivity index (χ3v) is 4.32. The maximum atomic E-state index is 11.6. The molecule has 1 aliphatic rings. The Morgan fingerprint density at radius 1 is 1.29 bits per heavy atom. The van der Waals surface area contributed by atoms with Crippen LogP contribution < -0.4 is 0 Å². The van der Waals surface area contributed by atoms with Crippen molar-refractivity contribution in [2.75, 3.05) is 13.1 Å². The molecule has 112 valence electrons. The minimum Gasteiger partial charge on any atom is -0.478 e. The predicted molar refractivity (Wildman–Crippen MR) is 83.8 cm³/mol. The van der Waals surface area contributed by atoms with Crippen LogP contribution in [-0.2, 0) is 6.54 Å². The van der Waals surface area contributed by atoms with Gasteiger partial charge in [-0.2, -0.15) is 0 Å². The lowest BCUT2D eigenvalue weighted by molar-refractivity contribution is 0.0699. The van der Waals surface area contributed by atoms with E-state index in [1.54, 1.807) is 6.07 Å². The summed E-state index contributed by atoms with van der Waals surface area (Å²) >= 11 is 0. The lowest BCUT2D eigenvalue weighted by Gasteiger charge is -2.14. The number of aromatic carboxylic acids is 1. The van der Waals surface area contributed by atoms with Gasteiger partial charge in [-0.15, -0.1) is 0 Å². The summed E-state index contributed by atoms with van der Waals surface area (Å²) in [5, 5.41) is 10.4. The first kappa shape index (κ1) is 14.1. The van der Waals surface area contributed by atoms with Gasteiger partial charge in [0, 0.05) is 29.7 Å². The number of carboxylic acid groups (broad SMARTS) is 1. The molecule has 1 aliphatic heterocycles. The number of hydrogen-bond acceptors (Lipinski definition) is 2. The Balaban J connectivity index is 2.14. The first-order chi connectivity index (χ1) is 10.1. The summed E-state index contributed by atoms with van der Waals surface area (Å²) in [5.74, 6) is -0.843. The fourth-order valence-electron chi connectivity index (χ4n) is 3.30. The van der Waals surface area contributed by atoms with Crippen molar-refractivity contribution in [1.82, 2.24) is 9.47 Å². The van der Waals surface area contributed by atoms with Gasteiger partial charge in [0.2, 0.25) is 0 Å². The molecule has 0 bridgehead atoms. The molecule has 0 saturated carbocycles. The number of carboxylic acids is 1. The van der Waals surface area contributed by atoms with Crippen LogP contribution >= 0.6 is 0 Å². The number of nitrogens with zero attached hydrogens (tertiary/aromatic N) is 2. The van der Waals surface area contributed by atoms with Crippen LogP contribution in [0.25, 0.3) is 10.9 Å². The summed E-state index contributed by atoms with van der Waals surface area (Å²) in [7, 11) is 0. The zero-order valence-corrected chi connectivity index (χ0v) is 12.7. The fraction of sp³-hybridized carbons (Fsp3) is 0.471.